The van der Waals surface area contributed by atoms with Crippen LogP contribution in [0.15, 0.2) is 54.8 Å². The van der Waals surface area contributed by atoms with Gasteiger partial charge in [0.25, 0.3) is 5.91 Å². The fraction of sp³-hybridized carbons (Fsp3) is 0.227. The van der Waals surface area contributed by atoms with Gasteiger partial charge in [0.15, 0.2) is 0 Å². The van der Waals surface area contributed by atoms with Gasteiger partial charge < -0.3 is 9.72 Å². The van der Waals surface area contributed by atoms with Gasteiger partial charge >= 0.3 is 0 Å². The first kappa shape index (κ1) is 19.5. The Hall–Kier alpha value is -3.14. The van der Waals surface area contributed by atoms with E-state index >= 15 is 0 Å². The molecule has 6 rings (SSSR count). The molecule has 4 aromatic heterocycles. The predicted octanol–water partition coefficient (Wildman–Crippen LogP) is 3.46. The first-order chi connectivity index (χ1) is 15.6. The number of thiophene rings is 1. The molecule has 0 atom stereocenters. The molecule has 5 heterocycles. The van der Waals surface area contributed by atoms with Crippen molar-refractivity contribution in [2.45, 2.75) is 31.8 Å². The Kier molecular flexibility index (Phi) is 4.74. The standard InChI is InChI=1S/C22H20ClN7OS/c23-21-17-7-16(32-19(17)5-6-24-21)8-25-22(31)18-12-30(28-27-18)11-15-10-29-9-14(13-1-2-13)3-4-20(29)26-15/h3-7,9-10,12-13,27-28H,1-2,8,11H2,(H,25,31). The normalized spacial score (nSPS) is 15.9. The minimum Gasteiger partial charge on any atom is -0.346 e. The molecule has 1 aliphatic carbocycles. The second kappa shape index (κ2) is 7.77. The van der Waals surface area contributed by atoms with E-state index < -0.39 is 0 Å². The van der Waals surface area contributed by atoms with Crippen molar-refractivity contribution in [3.8, 4) is 0 Å². The zero-order valence-electron chi connectivity index (χ0n) is 17.0. The lowest BCUT2D eigenvalue weighted by atomic mass is 10.2. The topological polar surface area (TPSA) is 86.6 Å². The average molecular weight is 466 g/mol. The van der Waals surface area contributed by atoms with Crippen molar-refractivity contribution in [2.24, 2.45) is 0 Å². The Labute approximate surface area is 192 Å². The van der Waals surface area contributed by atoms with E-state index in [0.29, 0.717) is 29.9 Å². The zero-order chi connectivity index (χ0) is 21.7. The highest BCUT2D eigenvalue weighted by atomic mass is 35.5. The summed E-state index contributed by atoms with van der Waals surface area (Å²) in [5, 5.41) is 6.14. The maximum absolute atomic E-state index is 12.6. The lowest BCUT2D eigenvalue weighted by molar-refractivity contribution is -0.118. The van der Waals surface area contributed by atoms with Gasteiger partial charge in [0.1, 0.15) is 16.5 Å². The van der Waals surface area contributed by atoms with Crippen LogP contribution in [0.4, 0.5) is 0 Å². The monoisotopic (exact) mass is 465 g/mol. The summed E-state index contributed by atoms with van der Waals surface area (Å²) in [6, 6.07) is 8.13. The maximum Gasteiger partial charge on any atom is 0.270 e. The number of nitrogens with one attached hydrogen (secondary N) is 3. The molecule has 1 amide bonds. The molecule has 1 aliphatic heterocycles. The molecule has 3 N–H and O–H groups in total. The number of hydrazine groups is 2. The van der Waals surface area contributed by atoms with Gasteiger partial charge in [-0.2, -0.15) is 0 Å². The summed E-state index contributed by atoms with van der Waals surface area (Å²) < 4.78 is 3.13. The number of pyridine rings is 2. The van der Waals surface area contributed by atoms with Gasteiger partial charge in [-0.1, -0.05) is 17.7 Å². The summed E-state index contributed by atoms with van der Waals surface area (Å²) in [5.41, 5.74) is 9.60. The Morgan fingerprint density at radius 1 is 1.28 bits per heavy atom. The van der Waals surface area contributed by atoms with Crippen molar-refractivity contribution in [1.82, 2.24) is 35.7 Å². The second-order valence-corrected chi connectivity index (χ2v) is 9.58. The SMILES string of the molecule is O=C(NCc1cc2c(Cl)nccc2s1)C1=CN(Cc2cn3cc(C4CC4)ccc3n2)NN1. The van der Waals surface area contributed by atoms with E-state index in [0.717, 1.165) is 26.3 Å². The minimum absolute atomic E-state index is 0.189. The molecule has 1 fully saturated rings. The van der Waals surface area contributed by atoms with Crippen LogP contribution in [-0.4, -0.2) is 25.3 Å². The van der Waals surface area contributed by atoms with Crippen molar-refractivity contribution in [1.29, 1.82) is 0 Å². The molecule has 8 nitrogen and oxygen atoms in total. The van der Waals surface area contributed by atoms with Gasteiger partial charge in [-0.15, -0.1) is 16.9 Å². The first-order valence-corrected chi connectivity index (χ1v) is 11.6. The van der Waals surface area contributed by atoms with Crippen LogP contribution in [0.5, 0.6) is 0 Å². The smallest absolute Gasteiger partial charge is 0.270 e. The second-order valence-electron chi connectivity index (χ2n) is 8.05. The number of aromatic nitrogens is 3. The first-order valence-electron chi connectivity index (χ1n) is 10.4. The molecule has 0 bridgehead atoms. The number of hydrogen-bond donors (Lipinski definition) is 3. The molecule has 162 valence electrons. The van der Waals surface area contributed by atoms with E-state index in [1.54, 1.807) is 23.7 Å². The van der Waals surface area contributed by atoms with Crippen molar-refractivity contribution in [3.05, 3.63) is 76.0 Å². The molecule has 0 spiro atoms. The molecule has 2 aliphatic rings. The lowest BCUT2D eigenvalue weighted by Gasteiger charge is -2.12. The Balaban J connectivity index is 1.09. The molecule has 32 heavy (non-hydrogen) atoms. The number of nitrogens with zero attached hydrogens (tertiary/aromatic N) is 4. The number of fused-ring (bicyclic) bond motifs is 2. The van der Waals surface area contributed by atoms with Gasteiger partial charge in [0.05, 0.1) is 18.8 Å². The Morgan fingerprint density at radius 2 is 2.19 bits per heavy atom. The summed E-state index contributed by atoms with van der Waals surface area (Å²) >= 11 is 7.73. The molecular weight excluding hydrogens is 446 g/mol. The molecular formula is C22H20ClN7OS. The summed E-state index contributed by atoms with van der Waals surface area (Å²) in [5.74, 6) is 0.519. The van der Waals surface area contributed by atoms with Crippen LogP contribution in [0.1, 0.15) is 34.9 Å². The van der Waals surface area contributed by atoms with Gasteiger partial charge in [0, 0.05) is 39.8 Å². The zero-order valence-corrected chi connectivity index (χ0v) is 18.6. The van der Waals surface area contributed by atoms with Crippen molar-refractivity contribution in [2.75, 3.05) is 0 Å². The summed E-state index contributed by atoms with van der Waals surface area (Å²) in [7, 11) is 0. The molecule has 4 aromatic rings. The minimum atomic E-state index is -0.189. The van der Waals surface area contributed by atoms with Crippen LogP contribution < -0.4 is 16.3 Å². The van der Waals surface area contributed by atoms with Crippen LogP contribution in [0, 0.1) is 0 Å². The van der Waals surface area contributed by atoms with E-state index in [2.05, 4.69) is 49.0 Å². The Bertz CT molecular complexity index is 1370. The third-order valence-corrected chi connectivity index (χ3v) is 7.04. The molecule has 0 aromatic carbocycles. The van der Waals surface area contributed by atoms with Crippen LogP contribution in [0.25, 0.3) is 15.7 Å². The van der Waals surface area contributed by atoms with Crippen LogP contribution in [0.3, 0.4) is 0 Å². The number of carbonyl (C=O) groups is 1. The van der Waals surface area contributed by atoms with Gasteiger partial charge in [-0.25, -0.2) is 9.97 Å². The predicted molar refractivity (Wildman–Crippen MR) is 124 cm³/mol. The third kappa shape index (κ3) is 3.79. The summed E-state index contributed by atoms with van der Waals surface area (Å²) in [6.07, 6.45) is 10.2. The quantitative estimate of drug-likeness (QED) is 0.378. The van der Waals surface area contributed by atoms with Gasteiger partial charge in [0.2, 0.25) is 0 Å². The summed E-state index contributed by atoms with van der Waals surface area (Å²) in [6.45, 7) is 0.954. The van der Waals surface area contributed by atoms with Crippen LogP contribution in [-0.2, 0) is 17.9 Å². The number of amides is 1. The van der Waals surface area contributed by atoms with E-state index in [1.165, 1.54) is 18.4 Å². The maximum atomic E-state index is 12.6. The van der Waals surface area contributed by atoms with Crippen molar-refractivity contribution >= 4 is 44.6 Å². The number of carbonyl (C=O) groups excluding carboxylic acids is 1. The van der Waals surface area contributed by atoms with E-state index in [4.69, 9.17) is 11.6 Å². The average Bonchev–Trinajstić information content (AvgIpc) is 3.19. The number of rotatable bonds is 6. The fourth-order valence-corrected chi connectivity index (χ4v) is 5.12. The molecule has 1 saturated carbocycles. The van der Waals surface area contributed by atoms with Crippen LogP contribution in [0.2, 0.25) is 5.15 Å². The van der Waals surface area contributed by atoms with E-state index in [1.807, 2.05) is 23.3 Å². The lowest BCUT2D eigenvalue weighted by Crippen LogP contribution is -2.38. The fourth-order valence-electron chi connectivity index (χ4n) is 3.86. The van der Waals surface area contributed by atoms with Crippen molar-refractivity contribution in [3.63, 3.8) is 0 Å². The number of halogens is 1. The largest absolute Gasteiger partial charge is 0.346 e. The summed E-state index contributed by atoms with van der Waals surface area (Å²) in [4.78, 5) is 22.4. The highest BCUT2D eigenvalue weighted by Gasteiger charge is 2.24. The van der Waals surface area contributed by atoms with Gasteiger partial charge in [-0.3, -0.25) is 15.2 Å². The third-order valence-electron chi connectivity index (χ3n) is 5.64. The highest BCUT2D eigenvalue weighted by molar-refractivity contribution is 7.19. The van der Waals surface area contributed by atoms with Crippen LogP contribution >= 0.6 is 22.9 Å². The highest BCUT2D eigenvalue weighted by Crippen LogP contribution is 2.39. The number of hydrogen-bond acceptors (Lipinski definition) is 7. The number of imidazole rings is 1. The van der Waals surface area contributed by atoms with Crippen molar-refractivity contribution < 1.29 is 4.79 Å². The molecule has 0 radical (unpaired) electrons. The van der Waals surface area contributed by atoms with E-state index in [-0.39, 0.29) is 5.91 Å². The Morgan fingerprint density at radius 3 is 3.03 bits per heavy atom. The van der Waals surface area contributed by atoms with Gasteiger partial charge in [-0.05, 0) is 42.5 Å². The molecule has 10 heteroatoms. The van der Waals surface area contributed by atoms with E-state index in [9.17, 15) is 4.79 Å². The molecule has 0 saturated heterocycles. The molecule has 0 unspecified atom stereocenters.